The summed E-state index contributed by atoms with van der Waals surface area (Å²) in [5.74, 6) is 0.715. The smallest absolute Gasteiger partial charge is 0.270 e. The Morgan fingerprint density at radius 3 is 3.00 bits per heavy atom. The van der Waals surface area contributed by atoms with Gasteiger partial charge in [0, 0.05) is 31.0 Å². The van der Waals surface area contributed by atoms with Gasteiger partial charge in [0.25, 0.3) is 5.91 Å². The molecule has 0 bridgehead atoms. The van der Waals surface area contributed by atoms with Gasteiger partial charge in [0.2, 0.25) is 0 Å². The Hall–Kier alpha value is -1.49. The highest BCUT2D eigenvalue weighted by atomic mass is 16.2. The van der Waals surface area contributed by atoms with Crippen molar-refractivity contribution >= 4 is 11.6 Å². The maximum absolute atomic E-state index is 12.4. The van der Waals surface area contributed by atoms with Gasteiger partial charge >= 0.3 is 0 Å². The molecule has 1 amide bonds. The second kappa shape index (κ2) is 4.89. The van der Waals surface area contributed by atoms with Gasteiger partial charge in [-0.25, -0.2) is 0 Å². The lowest BCUT2D eigenvalue weighted by atomic mass is 9.84. The lowest BCUT2D eigenvalue weighted by molar-refractivity contribution is 0.0313. The Kier molecular flexibility index (Phi) is 3.22. The Balaban J connectivity index is 1.69. The van der Waals surface area contributed by atoms with E-state index in [1.807, 2.05) is 4.90 Å². The molecular formula is C14H22N4O. The molecule has 104 valence electrons. The summed E-state index contributed by atoms with van der Waals surface area (Å²) in [6.45, 7) is 2.93. The molecule has 1 aromatic heterocycles. The van der Waals surface area contributed by atoms with Crippen molar-refractivity contribution in [2.75, 3.05) is 32.4 Å². The van der Waals surface area contributed by atoms with Crippen molar-refractivity contribution < 1.29 is 4.79 Å². The molecule has 1 aromatic rings. The van der Waals surface area contributed by atoms with Crippen LogP contribution in [0.15, 0.2) is 12.3 Å². The highest BCUT2D eigenvalue weighted by Crippen LogP contribution is 2.30. The molecule has 5 nitrogen and oxygen atoms in total. The van der Waals surface area contributed by atoms with Gasteiger partial charge in [0.1, 0.15) is 5.69 Å². The highest BCUT2D eigenvalue weighted by molar-refractivity contribution is 5.93. The van der Waals surface area contributed by atoms with Gasteiger partial charge in [-0.05, 0) is 44.8 Å². The van der Waals surface area contributed by atoms with Gasteiger partial charge in [-0.1, -0.05) is 0 Å². The van der Waals surface area contributed by atoms with Crippen LogP contribution >= 0.6 is 0 Å². The third-order valence-electron chi connectivity index (χ3n) is 4.57. The van der Waals surface area contributed by atoms with E-state index in [0.29, 0.717) is 23.3 Å². The van der Waals surface area contributed by atoms with Crippen LogP contribution < -0.4 is 5.73 Å². The van der Waals surface area contributed by atoms with Crippen molar-refractivity contribution in [2.45, 2.75) is 25.3 Å². The standard InChI is InChI=1S/C14H22N4O/c1-17-5-2-3-10-9-18(6-4-13(10)17)14(19)12-7-11(15)8-16-12/h7-8,10,13,16H,2-6,9,15H2,1H3. The first-order valence-electron chi connectivity index (χ1n) is 7.08. The number of carbonyl (C=O) groups excluding carboxylic acids is 1. The maximum Gasteiger partial charge on any atom is 0.270 e. The summed E-state index contributed by atoms with van der Waals surface area (Å²) in [4.78, 5) is 19.8. The summed E-state index contributed by atoms with van der Waals surface area (Å²) in [6.07, 6.45) is 5.25. The number of rotatable bonds is 1. The fourth-order valence-electron chi connectivity index (χ4n) is 3.54. The number of fused-ring (bicyclic) bond motifs is 1. The van der Waals surface area contributed by atoms with Gasteiger partial charge < -0.3 is 20.5 Å². The number of nitrogens with one attached hydrogen (secondary N) is 1. The van der Waals surface area contributed by atoms with Gasteiger partial charge in [-0.2, -0.15) is 0 Å². The number of hydrogen-bond donors (Lipinski definition) is 2. The highest BCUT2D eigenvalue weighted by Gasteiger charge is 2.36. The van der Waals surface area contributed by atoms with E-state index in [9.17, 15) is 4.79 Å². The number of H-pyrrole nitrogens is 1. The van der Waals surface area contributed by atoms with E-state index in [1.165, 1.54) is 19.4 Å². The van der Waals surface area contributed by atoms with Gasteiger partial charge in [-0.3, -0.25) is 4.79 Å². The van der Waals surface area contributed by atoms with E-state index in [1.54, 1.807) is 12.3 Å². The van der Waals surface area contributed by atoms with Crippen molar-refractivity contribution in [1.29, 1.82) is 0 Å². The Morgan fingerprint density at radius 2 is 2.26 bits per heavy atom. The molecule has 0 saturated carbocycles. The molecule has 0 aromatic carbocycles. The number of nitrogen functional groups attached to an aromatic ring is 1. The van der Waals surface area contributed by atoms with Crippen LogP contribution in [0.1, 0.15) is 29.8 Å². The molecular weight excluding hydrogens is 240 g/mol. The molecule has 3 N–H and O–H groups in total. The number of aromatic nitrogens is 1. The molecule has 2 fully saturated rings. The molecule has 2 saturated heterocycles. The Labute approximate surface area is 113 Å². The second-order valence-electron chi connectivity index (χ2n) is 5.84. The quantitative estimate of drug-likeness (QED) is 0.798. The normalized spacial score (nSPS) is 28.2. The zero-order chi connectivity index (χ0) is 13.4. The number of anilines is 1. The van der Waals surface area contributed by atoms with Crippen molar-refractivity contribution in [2.24, 2.45) is 5.92 Å². The molecule has 19 heavy (non-hydrogen) atoms. The topological polar surface area (TPSA) is 65.4 Å². The number of aromatic amines is 1. The average Bonchev–Trinajstić information content (AvgIpc) is 2.84. The van der Waals surface area contributed by atoms with Gasteiger partial charge in [0.15, 0.2) is 0 Å². The molecule has 3 heterocycles. The Morgan fingerprint density at radius 1 is 1.42 bits per heavy atom. The van der Waals surface area contributed by atoms with Crippen molar-refractivity contribution in [1.82, 2.24) is 14.8 Å². The first kappa shape index (κ1) is 12.5. The first-order valence-corrected chi connectivity index (χ1v) is 7.08. The zero-order valence-electron chi connectivity index (χ0n) is 11.4. The van der Waals surface area contributed by atoms with E-state index in [0.717, 1.165) is 19.5 Å². The second-order valence-corrected chi connectivity index (χ2v) is 5.84. The average molecular weight is 262 g/mol. The lowest BCUT2D eigenvalue weighted by Gasteiger charge is -2.45. The summed E-state index contributed by atoms with van der Waals surface area (Å²) >= 11 is 0. The van der Waals surface area contributed by atoms with Crippen molar-refractivity contribution in [3.63, 3.8) is 0 Å². The monoisotopic (exact) mass is 262 g/mol. The lowest BCUT2D eigenvalue weighted by Crippen LogP contribution is -2.53. The van der Waals surface area contributed by atoms with E-state index in [2.05, 4.69) is 16.9 Å². The summed E-state index contributed by atoms with van der Waals surface area (Å²) in [6, 6.07) is 2.38. The number of likely N-dealkylation sites (tertiary alicyclic amines) is 2. The minimum atomic E-state index is 0.0865. The summed E-state index contributed by atoms with van der Waals surface area (Å²) in [7, 11) is 2.21. The van der Waals surface area contributed by atoms with Crippen LogP contribution in [0.5, 0.6) is 0 Å². The third kappa shape index (κ3) is 2.34. The molecule has 2 atom stereocenters. The predicted octanol–water partition coefficient (Wildman–Crippen LogP) is 1.15. The number of nitrogens with zero attached hydrogens (tertiary/aromatic N) is 2. The predicted molar refractivity (Wildman–Crippen MR) is 74.9 cm³/mol. The Bertz CT molecular complexity index is 470. The SMILES string of the molecule is CN1CCCC2CN(C(=O)c3cc(N)c[nH]3)CCC21. The number of nitrogens with two attached hydrogens (primary N) is 1. The van der Waals surface area contributed by atoms with Crippen LogP contribution in [-0.2, 0) is 0 Å². The molecule has 5 heteroatoms. The number of carbonyl (C=O) groups is 1. The third-order valence-corrected chi connectivity index (χ3v) is 4.57. The molecule has 3 rings (SSSR count). The van der Waals surface area contributed by atoms with E-state index in [4.69, 9.17) is 5.73 Å². The molecule has 2 aliphatic rings. The van der Waals surface area contributed by atoms with Crippen molar-refractivity contribution in [3.05, 3.63) is 18.0 Å². The number of piperidine rings is 2. The minimum absolute atomic E-state index is 0.0865. The molecule has 0 spiro atoms. The zero-order valence-corrected chi connectivity index (χ0v) is 11.4. The first-order chi connectivity index (χ1) is 9.15. The molecule has 0 aliphatic carbocycles. The van der Waals surface area contributed by atoms with Crippen LogP contribution in [0.3, 0.4) is 0 Å². The van der Waals surface area contributed by atoms with E-state index in [-0.39, 0.29) is 5.91 Å². The van der Waals surface area contributed by atoms with Crippen LogP contribution in [0.4, 0.5) is 5.69 Å². The summed E-state index contributed by atoms with van der Waals surface area (Å²) < 4.78 is 0. The fraction of sp³-hybridized carbons (Fsp3) is 0.643. The minimum Gasteiger partial charge on any atom is -0.397 e. The van der Waals surface area contributed by atoms with Crippen molar-refractivity contribution in [3.8, 4) is 0 Å². The van der Waals surface area contributed by atoms with Gasteiger partial charge in [-0.15, -0.1) is 0 Å². The van der Waals surface area contributed by atoms with Gasteiger partial charge in [0.05, 0.1) is 0 Å². The number of amides is 1. The van der Waals surface area contributed by atoms with Crippen LogP contribution in [0, 0.1) is 5.92 Å². The molecule has 0 radical (unpaired) electrons. The largest absolute Gasteiger partial charge is 0.397 e. The van der Waals surface area contributed by atoms with E-state index < -0.39 is 0 Å². The molecule has 2 aliphatic heterocycles. The van der Waals surface area contributed by atoms with Crippen LogP contribution in [-0.4, -0.2) is 53.4 Å². The molecule has 2 unspecified atom stereocenters. The van der Waals surface area contributed by atoms with E-state index >= 15 is 0 Å². The van der Waals surface area contributed by atoms with Crippen LogP contribution in [0.25, 0.3) is 0 Å². The maximum atomic E-state index is 12.4. The summed E-state index contributed by atoms with van der Waals surface area (Å²) in [5.41, 5.74) is 6.89. The fourth-order valence-corrected chi connectivity index (χ4v) is 3.54. The van der Waals surface area contributed by atoms with Crippen LogP contribution in [0.2, 0.25) is 0 Å². The summed E-state index contributed by atoms with van der Waals surface area (Å²) in [5, 5.41) is 0. The number of hydrogen-bond acceptors (Lipinski definition) is 3.